The topological polar surface area (TPSA) is 25.2 Å². The summed E-state index contributed by atoms with van der Waals surface area (Å²) in [6, 6.07) is 5.20. The highest BCUT2D eigenvalue weighted by Gasteiger charge is 2.21. The molecule has 2 rings (SSSR count). The average Bonchev–Trinajstić information content (AvgIpc) is 2.66. The van der Waals surface area contributed by atoms with Crippen molar-refractivity contribution in [3.63, 3.8) is 0 Å². The minimum atomic E-state index is -0.178. The molecule has 0 spiro atoms. The van der Waals surface area contributed by atoms with Crippen molar-refractivity contribution >= 4 is 0 Å². The summed E-state index contributed by atoms with van der Waals surface area (Å²) in [7, 11) is 0. The first-order valence-corrected chi connectivity index (χ1v) is 7.49. The van der Waals surface area contributed by atoms with Crippen LogP contribution in [0.1, 0.15) is 46.7 Å². The molecule has 114 valence electrons. The average molecular weight is 289 g/mol. The summed E-state index contributed by atoms with van der Waals surface area (Å²) in [6.45, 7) is 11.1. The fourth-order valence-electron chi connectivity index (χ4n) is 2.95. The Labute approximate surface area is 126 Å². The van der Waals surface area contributed by atoms with E-state index in [9.17, 15) is 4.39 Å². The molecule has 1 N–H and O–H groups in total. The third-order valence-corrected chi connectivity index (χ3v) is 4.15. The maximum atomic E-state index is 13.3. The van der Waals surface area contributed by atoms with Crippen LogP contribution in [0.2, 0.25) is 0 Å². The third-order valence-electron chi connectivity index (χ3n) is 4.15. The van der Waals surface area contributed by atoms with Crippen molar-refractivity contribution in [1.29, 1.82) is 0 Å². The molecular weight excluding hydrogens is 265 g/mol. The van der Waals surface area contributed by atoms with Crippen LogP contribution in [0.3, 0.4) is 0 Å². The smallest absolute Gasteiger partial charge is 0.123 e. The highest BCUT2D eigenvalue weighted by atomic mass is 19.1. The third kappa shape index (κ3) is 3.35. The van der Waals surface area contributed by atoms with E-state index < -0.39 is 0 Å². The fourth-order valence-corrected chi connectivity index (χ4v) is 2.95. The van der Waals surface area contributed by atoms with Gasteiger partial charge in [-0.15, -0.1) is 0 Å². The maximum Gasteiger partial charge on any atom is 0.123 e. The Hall–Kier alpha value is -1.61. The number of rotatable bonds is 5. The lowest BCUT2D eigenvalue weighted by molar-refractivity contribution is 0.484. The van der Waals surface area contributed by atoms with E-state index in [0.717, 1.165) is 30.0 Å². The van der Waals surface area contributed by atoms with Gasteiger partial charge in [0.1, 0.15) is 17.3 Å². The number of hydrogen-bond donors (Lipinski definition) is 1. The molecule has 0 saturated heterocycles. The van der Waals surface area contributed by atoms with Crippen molar-refractivity contribution in [2.24, 2.45) is 0 Å². The molecule has 2 nitrogen and oxygen atoms in total. The van der Waals surface area contributed by atoms with Crippen LogP contribution in [-0.4, -0.2) is 6.54 Å². The summed E-state index contributed by atoms with van der Waals surface area (Å²) in [5, 5.41) is 3.53. The van der Waals surface area contributed by atoms with Gasteiger partial charge in [-0.25, -0.2) is 4.39 Å². The van der Waals surface area contributed by atoms with E-state index in [0.29, 0.717) is 0 Å². The molecule has 0 bridgehead atoms. The van der Waals surface area contributed by atoms with Crippen molar-refractivity contribution in [1.82, 2.24) is 5.32 Å². The van der Waals surface area contributed by atoms with Crippen molar-refractivity contribution in [3.05, 3.63) is 57.8 Å². The molecule has 0 amide bonds. The van der Waals surface area contributed by atoms with E-state index in [2.05, 4.69) is 19.2 Å². The van der Waals surface area contributed by atoms with Crippen LogP contribution in [0, 0.1) is 33.5 Å². The maximum absolute atomic E-state index is 13.3. The molecule has 0 saturated carbocycles. The highest BCUT2D eigenvalue weighted by molar-refractivity contribution is 5.37. The fraction of sp³-hybridized carbons (Fsp3) is 0.444. The molecule has 1 atom stereocenters. The second-order valence-corrected chi connectivity index (χ2v) is 5.64. The van der Waals surface area contributed by atoms with Gasteiger partial charge >= 0.3 is 0 Å². The first-order chi connectivity index (χ1) is 9.93. The molecule has 0 aliphatic carbocycles. The van der Waals surface area contributed by atoms with Crippen LogP contribution in [0.4, 0.5) is 4.39 Å². The largest absolute Gasteiger partial charge is 0.466 e. The number of benzene rings is 1. The molecule has 0 radical (unpaired) electrons. The first kappa shape index (κ1) is 15.8. The zero-order valence-corrected chi connectivity index (χ0v) is 13.5. The highest BCUT2D eigenvalue weighted by Crippen LogP contribution is 2.30. The number of hydrogen-bond acceptors (Lipinski definition) is 2. The molecule has 0 fully saturated rings. The minimum Gasteiger partial charge on any atom is -0.466 e. The van der Waals surface area contributed by atoms with Crippen LogP contribution in [0.25, 0.3) is 0 Å². The second kappa shape index (κ2) is 6.44. The predicted octanol–water partition coefficient (Wildman–Crippen LogP) is 4.55. The van der Waals surface area contributed by atoms with Crippen LogP contribution in [0.15, 0.2) is 22.6 Å². The molecule has 0 aliphatic heterocycles. The molecular formula is C18H24FNO. The number of nitrogens with one attached hydrogen (secondary N) is 1. The van der Waals surface area contributed by atoms with Gasteiger partial charge in [0.25, 0.3) is 0 Å². The van der Waals surface area contributed by atoms with Gasteiger partial charge in [-0.2, -0.15) is 0 Å². The van der Waals surface area contributed by atoms with E-state index in [4.69, 9.17) is 4.42 Å². The lowest BCUT2D eigenvalue weighted by Crippen LogP contribution is -2.24. The van der Waals surface area contributed by atoms with Crippen molar-refractivity contribution in [3.8, 4) is 0 Å². The summed E-state index contributed by atoms with van der Waals surface area (Å²) in [6.07, 6.45) is 0.834. The van der Waals surface area contributed by atoms with Gasteiger partial charge < -0.3 is 9.73 Å². The van der Waals surface area contributed by atoms with E-state index >= 15 is 0 Å². The van der Waals surface area contributed by atoms with Gasteiger partial charge in [0, 0.05) is 11.6 Å². The van der Waals surface area contributed by atoms with Crippen LogP contribution in [0.5, 0.6) is 0 Å². The Kier molecular flexibility index (Phi) is 4.84. The van der Waals surface area contributed by atoms with E-state index in [1.165, 1.54) is 22.8 Å². The van der Waals surface area contributed by atoms with Gasteiger partial charge in [-0.3, -0.25) is 0 Å². The molecule has 2 aromatic rings. The normalized spacial score (nSPS) is 12.7. The summed E-state index contributed by atoms with van der Waals surface area (Å²) >= 11 is 0. The number of furan rings is 1. The van der Waals surface area contributed by atoms with Gasteiger partial charge in [0.05, 0.1) is 0 Å². The molecule has 1 unspecified atom stereocenters. The zero-order chi connectivity index (χ0) is 15.6. The van der Waals surface area contributed by atoms with E-state index in [1.54, 1.807) is 6.07 Å². The van der Waals surface area contributed by atoms with Crippen molar-refractivity contribution < 1.29 is 8.81 Å². The second-order valence-electron chi connectivity index (χ2n) is 5.64. The quantitative estimate of drug-likeness (QED) is 0.873. The number of likely N-dealkylation sites (N-methyl/N-ethyl adjacent to an activating group) is 1. The van der Waals surface area contributed by atoms with Crippen molar-refractivity contribution in [2.45, 2.75) is 47.1 Å². The molecule has 1 aromatic carbocycles. The number of halogens is 1. The molecule has 21 heavy (non-hydrogen) atoms. The van der Waals surface area contributed by atoms with Gasteiger partial charge in [-0.1, -0.05) is 13.0 Å². The Morgan fingerprint density at radius 2 is 1.86 bits per heavy atom. The SMILES string of the molecule is CCNC(Cc1ccc(F)cc1C)c1c(C)oc(C)c1C. The summed E-state index contributed by atoms with van der Waals surface area (Å²) in [4.78, 5) is 0. The lowest BCUT2D eigenvalue weighted by atomic mass is 9.93. The summed E-state index contributed by atoms with van der Waals surface area (Å²) in [5.74, 6) is 1.76. The van der Waals surface area contributed by atoms with Gasteiger partial charge in [0.15, 0.2) is 0 Å². The standard InChI is InChI=1S/C18H24FNO/c1-6-20-17(18-12(3)13(4)21-14(18)5)10-15-7-8-16(19)9-11(15)2/h7-9,17,20H,6,10H2,1-5H3. The monoisotopic (exact) mass is 289 g/mol. The van der Waals surface area contributed by atoms with Crippen LogP contribution < -0.4 is 5.32 Å². The Balaban J connectivity index is 2.35. The van der Waals surface area contributed by atoms with E-state index in [1.807, 2.05) is 26.8 Å². The van der Waals surface area contributed by atoms with Crippen LogP contribution >= 0.6 is 0 Å². The lowest BCUT2D eigenvalue weighted by Gasteiger charge is -2.20. The molecule has 1 heterocycles. The van der Waals surface area contributed by atoms with Crippen molar-refractivity contribution in [2.75, 3.05) is 6.54 Å². The van der Waals surface area contributed by atoms with E-state index in [-0.39, 0.29) is 11.9 Å². The minimum absolute atomic E-state index is 0.178. The molecule has 0 aliphatic rings. The number of aryl methyl sites for hydroxylation is 3. The molecule has 1 aromatic heterocycles. The molecule has 3 heteroatoms. The van der Waals surface area contributed by atoms with Crippen LogP contribution in [-0.2, 0) is 6.42 Å². The van der Waals surface area contributed by atoms with Gasteiger partial charge in [-0.05, 0) is 69.5 Å². The zero-order valence-electron chi connectivity index (χ0n) is 13.5. The Bertz CT molecular complexity index is 630. The summed E-state index contributed by atoms with van der Waals surface area (Å²) in [5.41, 5.74) is 4.60. The summed E-state index contributed by atoms with van der Waals surface area (Å²) < 4.78 is 19.0. The predicted molar refractivity (Wildman–Crippen MR) is 84.2 cm³/mol. The van der Waals surface area contributed by atoms with Gasteiger partial charge in [0.2, 0.25) is 0 Å². The first-order valence-electron chi connectivity index (χ1n) is 7.49. The Morgan fingerprint density at radius 3 is 2.38 bits per heavy atom. The Morgan fingerprint density at radius 1 is 1.14 bits per heavy atom.